The van der Waals surface area contributed by atoms with Gasteiger partial charge in [0.15, 0.2) is 5.13 Å². The van der Waals surface area contributed by atoms with Gasteiger partial charge in [-0.15, -0.1) is 11.3 Å². The van der Waals surface area contributed by atoms with Crippen molar-refractivity contribution in [3.8, 4) is 0 Å². The zero-order valence-corrected chi connectivity index (χ0v) is 14.1. The van der Waals surface area contributed by atoms with Crippen molar-refractivity contribution in [2.45, 2.75) is 26.3 Å². The second-order valence-electron chi connectivity index (χ2n) is 6.18. The van der Waals surface area contributed by atoms with Crippen molar-refractivity contribution in [2.75, 3.05) is 24.1 Å². The number of hydrogen-bond donors (Lipinski definition) is 2. The first-order chi connectivity index (χ1) is 11.1. The molecule has 0 unspecified atom stereocenters. The number of thiazole rings is 1. The number of nitrogens with two attached hydrogens (primary N) is 1. The van der Waals surface area contributed by atoms with Gasteiger partial charge in [-0.05, 0) is 56.1 Å². The lowest BCUT2D eigenvalue weighted by Gasteiger charge is -2.29. The number of benzene rings is 1. The fourth-order valence-electron chi connectivity index (χ4n) is 2.69. The topological polar surface area (TPSA) is 71.2 Å². The van der Waals surface area contributed by atoms with Gasteiger partial charge in [0.2, 0.25) is 0 Å². The second kappa shape index (κ2) is 7.10. The third-order valence-electron chi connectivity index (χ3n) is 4.21. The summed E-state index contributed by atoms with van der Waals surface area (Å²) in [6, 6.07) is 6.88. The predicted octanol–water partition coefficient (Wildman–Crippen LogP) is 3.21. The number of hydrogen-bond acceptors (Lipinski definition) is 5. The van der Waals surface area contributed by atoms with Crippen LogP contribution >= 0.6 is 11.3 Å². The molecule has 1 aromatic carbocycles. The number of nitrogen functional groups attached to an aromatic ring is 1. The molecule has 1 fully saturated rings. The van der Waals surface area contributed by atoms with E-state index in [0.29, 0.717) is 16.4 Å². The van der Waals surface area contributed by atoms with Crippen molar-refractivity contribution in [1.29, 1.82) is 0 Å². The van der Waals surface area contributed by atoms with E-state index < -0.39 is 0 Å². The Kier molecular flexibility index (Phi) is 4.93. The Bertz CT molecular complexity index is 659. The van der Waals surface area contributed by atoms with Crippen LogP contribution in [0.2, 0.25) is 0 Å². The SMILES string of the molecule is CC1CCN(Cc2csc(NC(=O)c3ccc(N)cc3)n2)CC1. The standard InChI is InChI=1S/C17H22N4OS/c1-12-6-8-21(9-7-12)10-15-11-23-17(19-15)20-16(22)13-2-4-14(18)5-3-13/h2-5,11-12H,6-10,18H2,1H3,(H,19,20,22). The summed E-state index contributed by atoms with van der Waals surface area (Å²) in [7, 11) is 0. The lowest BCUT2D eigenvalue weighted by Crippen LogP contribution is -2.32. The van der Waals surface area contributed by atoms with Crippen LogP contribution in [-0.4, -0.2) is 28.9 Å². The van der Waals surface area contributed by atoms with E-state index >= 15 is 0 Å². The number of nitrogens with one attached hydrogen (secondary N) is 1. The minimum atomic E-state index is -0.155. The summed E-state index contributed by atoms with van der Waals surface area (Å²) in [6.45, 7) is 5.43. The van der Waals surface area contributed by atoms with Crippen LogP contribution in [0.25, 0.3) is 0 Å². The maximum atomic E-state index is 12.2. The summed E-state index contributed by atoms with van der Waals surface area (Å²) in [6.07, 6.45) is 2.51. The normalized spacial score (nSPS) is 16.4. The Labute approximate surface area is 140 Å². The molecule has 1 aromatic heterocycles. The minimum absolute atomic E-state index is 0.155. The Morgan fingerprint density at radius 1 is 1.35 bits per heavy atom. The molecule has 5 nitrogen and oxygen atoms in total. The van der Waals surface area contributed by atoms with Crippen LogP contribution in [0.5, 0.6) is 0 Å². The highest BCUT2D eigenvalue weighted by atomic mass is 32.1. The van der Waals surface area contributed by atoms with Gasteiger partial charge in [0.25, 0.3) is 5.91 Å². The average molecular weight is 330 g/mol. The molecule has 2 heterocycles. The molecule has 1 saturated heterocycles. The summed E-state index contributed by atoms with van der Waals surface area (Å²) < 4.78 is 0. The number of anilines is 2. The number of nitrogens with zero attached hydrogens (tertiary/aromatic N) is 2. The van der Waals surface area contributed by atoms with Crippen molar-refractivity contribution >= 4 is 28.1 Å². The minimum Gasteiger partial charge on any atom is -0.399 e. The second-order valence-corrected chi connectivity index (χ2v) is 7.04. The number of amides is 1. The van der Waals surface area contributed by atoms with E-state index in [1.807, 2.05) is 5.38 Å². The van der Waals surface area contributed by atoms with Crippen LogP contribution < -0.4 is 11.1 Å². The van der Waals surface area contributed by atoms with Crippen molar-refractivity contribution in [1.82, 2.24) is 9.88 Å². The highest BCUT2D eigenvalue weighted by Crippen LogP contribution is 2.21. The van der Waals surface area contributed by atoms with Crippen LogP contribution in [-0.2, 0) is 6.54 Å². The molecule has 0 spiro atoms. The van der Waals surface area contributed by atoms with Crippen LogP contribution in [0, 0.1) is 5.92 Å². The molecule has 6 heteroatoms. The number of likely N-dealkylation sites (tertiary alicyclic amines) is 1. The van der Waals surface area contributed by atoms with E-state index in [0.717, 1.165) is 31.2 Å². The maximum absolute atomic E-state index is 12.2. The molecule has 3 N–H and O–H groups in total. The first-order valence-electron chi connectivity index (χ1n) is 7.94. The molecule has 0 saturated carbocycles. The van der Waals surface area contributed by atoms with Gasteiger partial charge >= 0.3 is 0 Å². The van der Waals surface area contributed by atoms with Crippen LogP contribution in [0.4, 0.5) is 10.8 Å². The molecular formula is C17H22N4OS. The Hall–Kier alpha value is -1.92. The summed E-state index contributed by atoms with van der Waals surface area (Å²) in [5.74, 6) is 0.675. The first-order valence-corrected chi connectivity index (χ1v) is 8.82. The molecule has 1 aliphatic rings. The van der Waals surface area contributed by atoms with Crippen molar-refractivity contribution in [2.24, 2.45) is 5.92 Å². The van der Waals surface area contributed by atoms with E-state index in [4.69, 9.17) is 5.73 Å². The Morgan fingerprint density at radius 3 is 2.74 bits per heavy atom. The largest absolute Gasteiger partial charge is 0.399 e. The first kappa shape index (κ1) is 16.0. The monoisotopic (exact) mass is 330 g/mol. The maximum Gasteiger partial charge on any atom is 0.257 e. The number of carbonyl (C=O) groups is 1. The number of piperidine rings is 1. The summed E-state index contributed by atoms with van der Waals surface area (Å²) in [4.78, 5) is 19.1. The molecule has 0 aliphatic carbocycles. The van der Waals surface area contributed by atoms with Gasteiger partial charge in [-0.2, -0.15) is 0 Å². The predicted molar refractivity (Wildman–Crippen MR) is 94.6 cm³/mol. The van der Waals surface area contributed by atoms with Gasteiger partial charge in [-0.25, -0.2) is 4.98 Å². The third kappa shape index (κ3) is 4.30. The van der Waals surface area contributed by atoms with Crippen LogP contribution in [0.3, 0.4) is 0 Å². The Balaban J connectivity index is 1.56. The summed E-state index contributed by atoms with van der Waals surface area (Å²) in [5, 5.41) is 5.52. The number of aromatic nitrogens is 1. The number of carbonyl (C=O) groups excluding carboxylic acids is 1. The zero-order chi connectivity index (χ0) is 16.2. The molecule has 1 amide bonds. The highest BCUT2D eigenvalue weighted by Gasteiger charge is 2.17. The van der Waals surface area contributed by atoms with Gasteiger partial charge in [0.05, 0.1) is 5.69 Å². The van der Waals surface area contributed by atoms with E-state index in [2.05, 4.69) is 22.1 Å². The van der Waals surface area contributed by atoms with E-state index in [1.54, 1.807) is 24.3 Å². The number of rotatable bonds is 4. The van der Waals surface area contributed by atoms with Crippen molar-refractivity contribution in [3.63, 3.8) is 0 Å². The van der Waals surface area contributed by atoms with Crippen LogP contribution in [0.1, 0.15) is 35.8 Å². The lowest BCUT2D eigenvalue weighted by atomic mass is 9.99. The van der Waals surface area contributed by atoms with Gasteiger partial charge in [0, 0.05) is 23.2 Å². The molecular weight excluding hydrogens is 308 g/mol. The molecule has 2 aromatic rings. The summed E-state index contributed by atoms with van der Waals surface area (Å²) >= 11 is 1.47. The molecule has 1 aliphatic heterocycles. The quantitative estimate of drug-likeness (QED) is 0.845. The zero-order valence-electron chi connectivity index (χ0n) is 13.3. The third-order valence-corrected chi connectivity index (χ3v) is 5.01. The van der Waals surface area contributed by atoms with E-state index in [-0.39, 0.29) is 5.91 Å². The average Bonchev–Trinajstić information content (AvgIpc) is 2.97. The Morgan fingerprint density at radius 2 is 2.04 bits per heavy atom. The van der Waals surface area contributed by atoms with E-state index in [9.17, 15) is 4.79 Å². The van der Waals surface area contributed by atoms with Gasteiger partial charge in [0.1, 0.15) is 0 Å². The molecule has 0 radical (unpaired) electrons. The van der Waals surface area contributed by atoms with Crippen molar-refractivity contribution in [3.05, 3.63) is 40.9 Å². The van der Waals surface area contributed by atoms with Gasteiger partial charge < -0.3 is 5.73 Å². The van der Waals surface area contributed by atoms with Gasteiger partial charge in [-0.3, -0.25) is 15.0 Å². The molecule has 3 rings (SSSR count). The fraction of sp³-hybridized carbons (Fsp3) is 0.412. The molecule has 0 bridgehead atoms. The summed E-state index contributed by atoms with van der Waals surface area (Å²) in [5.41, 5.74) is 7.89. The van der Waals surface area contributed by atoms with Crippen molar-refractivity contribution < 1.29 is 4.79 Å². The molecule has 0 atom stereocenters. The van der Waals surface area contributed by atoms with E-state index in [1.165, 1.54) is 24.2 Å². The lowest BCUT2D eigenvalue weighted by molar-refractivity contribution is 0.102. The van der Waals surface area contributed by atoms with Crippen LogP contribution in [0.15, 0.2) is 29.6 Å². The van der Waals surface area contributed by atoms with Gasteiger partial charge in [-0.1, -0.05) is 6.92 Å². The molecule has 23 heavy (non-hydrogen) atoms. The highest BCUT2D eigenvalue weighted by molar-refractivity contribution is 7.13. The smallest absolute Gasteiger partial charge is 0.257 e. The molecule has 122 valence electrons. The fourth-order valence-corrected chi connectivity index (χ4v) is 3.39.